The van der Waals surface area contributed by atoms with Gasteiger partial charge in [0.2, 0.25) is 5.91 Å². The van der Waals surface area contributed by atoms with Crippen LogP contribution in [-0.2, 0) is 4.79 Å². The van der Waals surface area contributed by atoms with Crippen molar-refractivity contribution in [3.63, 3.8) is 0 Å². The molecule has 1 aromatic carbocycles. The number of oxime groups is 1. The summed E-state index contributed by atoms with van der Waals surface area (Å²) in [6, 6.07) is 5.38. The summed E-state index contributed by atoms with van der Waals surface area (Å²) in [6.07, 6.45) is 0. The van der Waals surface area contributed by atoms with Crippen LogP contribution in [0.3, 0.4) is 0 Å². The van der Waals surface area contributed by atoms with Crippen LogP contribution in [0.25, 0.3) is 0 Å². The van der Waals surface area contributed by atoms with Crippen LogP contribution in [0.2, 0.25) is 0 Å². The fourth-order valence-corrected chi connectivity index (χ4v) is 1.25. The number of nitrogens with one attached hydrogen (secondary N) is 1. The van der Waals surface area contributed by atoms with E-state index < -0.39 is 17.9 Å². The van der Waals surface area contributed by atoms with Crippen LogP contribution in [0.15, 0.2) is 29.4 Å². The van der Waals surface area contributed by atoms with Gasteiger partial charge in [0.15, 0.2) is 5.84 Å². The number of alkyl halides is 2. The molecule has 1 aromatic rings. The standard InChI is InChI=1S/C12H15F2N3O3/c1-12(2,9(15)17-19)10(18)16-7-3-5-8(6-4-7)20-11(13)14/h3-6,11,19H,1-2H3,(H2,15,17)(H,16,18). The van der Waals surface area contributed by atoms with Gasteiger partial charge in [-0.25, -0.2) is 0 Å². The summed E-state index contributed by atoms with van der Waals surface area (Å²) in [5.41, 5.74) is 4.58. The fourth-order valence-electron chi connectivity index (χ4n) is 1.25. The Labute approximate surface area is 114 Å². The monoisotopic (exact) mass is 287 g/mol. The van der Waals surface area contributed by atoms with E-state index in [0.29, 0.717) is 5.69 Å². The Morgan fingerprint density at radius 2 is 1.95 bits per heavy atom. The minimum absolute atomic E-state index is 0.0197. The first-order valence-electron chi connectivity index (χ1n) is 5.61. The van der Waals surface area contributed by atoms with Gasteiger partial charge in [0.25, 0.3) is 0 Å². The van der Waals surface area contributed by atoms with Gasteiger partial charge in [0.05, 0.1) is 0 Å². The molecule has 0 aliphatic carbocycles. The number of amides is 1. The minimum Gasteiger partial charge on any atom is -0.435 e. The van der Waals surface area contributed by atoms with Crippen molar-refractivity contribution < 1.29 is 23.5 Å². The van der Waals surface area contributed by atoms with Gasteiger partial charge >= 0.3 is 6.61 Å². The van der Waals surface area contributed by atoms with Crippen molar-refractivity contribution in [2.24, 2.45) is 16.3 Å². The number of benzene rings is 1. The number of hydrogen-bond acceptors (Lipinski definition) is 4. The van der Waals surface area contributed by atoms with Gasteiger partial charge in [0.1, 0.15) is 11.2 Å². The highest BCUT2D eigenvalue weighted by Crippen LogP contribution is 2.21. The third kappa shape index (κ3) is 3.81. The van der Waals surface area contributed by atoms with Gasteiger partial charge in [-0.3, -0.25) is 4.79 Å². The van der Waals surface area contributed by atoms with Gasteiger partial charge in [-0.05, 0) is 38.1 Å². The van der Waals surface area contributed by atoms with Crippen LogP contribution in [0.4, 0.5) is 14.5 Å². The largest absolute Gasteiger partial charge is 0.435 e. The Morgan fingerprint density at radius 1 is 1.40 bits per heavy atom. The number of halogens is 2. The fraction of sp³-hybridized carbons (Fsp3) is 0.333. The molecule has 1 amide bonds. The van der Waals surface area contributed by atoms with Crippen molar-refractivity contribution in [2.45, 2.75) is 20.5 Å². The molecule has 0 atom stereocenters. The summed E-state index contributed by atoms with van der Waals surface area (Å²) >= 11 is 0. The summed E-state index contributed by atoms with van der Waals surface area (Å²) in [5.74, 6) is -0.767. The number of amidine groups is 1. The Morgan fingerprint density at radius 3 is 2.40 bits per heavy atom. The van der Waals surface area contributed by atoms with E-state index in [0.717, 1.165) is 0 Å². The lowest BCUT2D eigenvalue weighted by Gasteiger charge is -2.21. The highest BCUT2D eigenvalue weighted by atomic mass is 19.3. The first-order valence-corrected chi connectivity index (χ1v) is 5.61. The van der Waals surface area contributed by atoms with Gasteiger partial charge in [-0.2, -0.15) is 8.78 Å². The number of ether oxygens (including phenoxy) is 1. The maximum absolute atomic E-state index is 12.0. The quantitative estimate of drug-likeness (QED) is 0.334. The Kier molecular flexibility index (Phi) is 4.84. The van der Waals surface area contributed by atoms with Crippen LogP contribution in [-0.4, -0.2) is 23.6 Å². The number of carbonyl (C=O) groups is 1. The minimum atomic E-state index is -2.91. The second kappa shape index (κ2) is 6.18. The van der Waals surface area contributed by atoms with E-state index in [1.807, 2.05) is 0 Å². The average Bonchev–Trinajstić information content (AvgIpc) is 2.39. The highest BCUT2D eigenvalue weighted by Gasteiger charge is 2.32. The van der Waals surface area contributed by atoms with Crippen molar-refractivity contribution in [3.8, 4) is 5.75 Å². The average molecular weight is 287 g/mol. The van der Waals surface area contributed by atoms with Crippen LogP contribution in [0.1, 0.15) is 13.8 Å². The SMILES string of the molecule is CC(C)(C(=O)Nc1ccc(OC(F)F)cc1)C(N)=NO. The summed E-state index contributed by atoms with van der Waals surface area (Å²) < 4.78 is 28.1. The first kappa shape index (κ1) is 15.7. The zero-order chi connectivity index (χ0) is 15.3. The van der Waals surface area contributed by atoms with Gasteiger partial charge in [-0.1, -0.05) is 5.16 Å². The first-order chi connectivity index (χ1) is 9.27. The molecule has 1 rings (SSSR count). The molecule has 0 bridgehead atoms. The Balaban J connectivity index is 2.76. The molecule has 0 aromatic heterocycles. The second-order valence-electron chi connectivity index (χ2n) is 4.47. The predicted molar refractivity (Wildman–Crippen MR) is 68.9 cm³/mol. The molecule has 4 N–H and O–H groups in total. The lowest BCUT2D eigenvalue weighted by atomic mass is 9.91. The molecular weight excluding hydrogens is 272 g/mol. The molecule has 8 heteroatoms. The number of nitrogens with zero attached hydrogens (tertiary/aromatic N) is 1. The molecule has 0 heterocycles. The maximum Gasteiger partial charge on any atom is 0.387 e. The molecular formula is C12H15F2N3O3. The Hall–Kier alpha value is -2.38. The molecule has 110 valence electrons. The van der Waals surface area contributed by atoms with E-state index in [-0.39, 0.29) is 11.6 Å². The smallest absolute Gasteiger partial charge is 0.387 e. The van der Waals surface area contributed by atoms with Crippen LogP contribution < -0.4 is 15.8 Å². The number of rotatable bonds is 5. The van der Waals surface area contributed by atoms with Crippen LogP contribution >= 0.6 is 0 Å². The lowest BCUT2D eigenvalue weighted by molar-refractivity contribution is -0.121. The van der Waals surface area contributed by atoms with E-state index >= 15 is 0 Å². The van der Waals surface area contributed by atoms with Gasteiger partial charge in [0, 0.05) is 5.69 Å². The number of anilines is 1. The number of hydrogen-bond donors (Lipinski definition) is 3. The predicted octanol–water partition coefficient (Wildman–Crippen LogP) is 2.00. The second-order valence-corrected chi connectivity index (χ2v) is 4.47. The summed E-state index contributed by atoms with van der Waals surface area (Å²) in [5, 5.41) is 13.9. The summed E-state index contributed by atoms with van der Waals surface area (Å²) in [7, 11) is 0. The molecule has 0 aliphatic heterocycles. The number of nitrogens with two attached hydrogens (primary N) is 1. The van der Waals surface area contributed by atoms with Crippen LogP contribution in [0.5, 0.6) is 5.75 Å². The van der Waals surface area contributed by atoms with E-state index in [1.165, 1.54) is 38.1 Å². The van der Waals surface area contributed by atoms with Crippen LogP contribution in [0, 0.1) is 5.41 Å². The van der Waals surface area contributed by atoms with E-state index in [4.69, 9.17) is 10.9 Å². The van der Waals surface area contributed by atoms with Crippen molar-refractivity contribution in [3.05, 3.63) is 24.3 Å². The van der Waals surface area contributed by atoms with Gasteiger partial charge < -0.3 is 21.0 Å². The molecule has 6 nitrogen and oxygen atoms in total. The molecule has 0 aliphatic rings. The molecule has 20 heavy (non-hydrogen) atoms. The zero-order valence-corrected chi connectivity index (χ0v) is 10.9. The summed E-state index contributed by atoms with van der Waals surface area (Å²) in [4.78, 5) is 12.0. The van der Waals surface area contributed by atoms with E-state index in [9.17, 15) is 13.6 Å². The molecule has 0 spiro atoms. The molecule has 0 radical (unpaired) electrons. The number of carbonyl (C=O) groups excluding carboxylic acids is 1. The molecule has 0 unspecified atom stereocenters. The molecule has 0 fully saturated rings. The van der Waals surface area contributed by atoms with Crippen molar-refractivity contribution in [1.82, 2.24) is 0 Å². The van der Waals surface area contributed by atoms with Crippen molar-refractivity contribution in [2.75, 3.05) is 5.32 Å². The normalized spacial score (nSPS) is 12.3. The topological polar surface area (TPSA) is 96.9 Å². The summed E-state index contributed by atoms with van der Waals surface area (Å²) in [6.45, 7) is 0.0482. The van der Waals surface area contributed by atoms with Gasteiger partial charge in [-0.15, -0.1) is 0 Å². The molecule has 0 saturated heterocycles. The third-order valence-corrected chi connectivity index (χ3v) is 2.65. The van der Waals surface area contributed by atoms with Crippen molar-refractivity contribution >= 4 is 17.4 Å². The lowest BCUT2D eigenvalue weighted by Crippen LogP contribution is -2.42. The third-order valence-electron chi connectivity index (χ3n) is 2.65. The maximum atomic E-state index is 12.0. The zero-order valence-electron chi connectivity index (χ0n) is 10.9. The van der Waals surface area contributed by atoms with Crippen molar-refractivity contribution in [1.29, 1.82) is 0 Å². The van der Waals surface area contributed by atoms with E-state index in [2.05, 4.69) is 15.2 Å². The highest BCUT2D eigenvalue weighted by molar-refractivity contribution is 6.11. The Bertz CT molecular complexity index is 501. The molecule has 0 saturated carbocycles. The van der Waals surface area contributed by atoms with E-state index in [1.54, 1.807) is 0 Å².